The van der Waals surface area contributed by atoms with Crippen molar-refractivity contribution < 1.29 is 14.3 Å². The molecule has 5 heteroatoms. The Morgan fingerprint density at radius 3 is 2.50 bits per heavy atom. The van der Waals surface area contributed by atoms with Gasteiger partial charge in [-0.3, -0.25) is 9.59 Å². The SMILES string of the molecule is CCCOc1ccc(N2C(=O)C[C@@H](Nc3ccc(C)cc3C)C2=O)cc1. The number of carbonyl (C=O) groups is 2. The first-order chi connectivity index (χ1) is 12.5. The molecule has 0 saturated carbocycles. The fourth-order valence-corrected chi connectivity index (χ4v) is 3.09. The molecule has 0 aliphatic carbocycles. The minimum absolute atomic E-state index is 0.153. The number of anilines is 2. The summed E-state index contributed by atoms with van der Waals surface area (Å²) in [6, 6.07) is 12.5. The van der Waals surface area contributed by atoms with Crippen LogP contribution >= 0.6 is 0 Å². The van der Waals surface area contributed by atoms with Crippen molar-refractivity contribution in [1.82, 2.24) is 0 Å². The number of nitrogens with zero attached hydrogens (tertiary/aromatic N) is 1. The van der Waals surface area contributed by atoms with E-state index in [1.807, 2.05) is 32.9 Å². The summed E-state index contributed by atoms with van der Waals surface area (Å²) < 4.78 is 5.55. The number of nitrogens with one attached hydrogen (secondary N) is 1. The normalized spacial score (nSPS) is 16.9. The fraction of sp³-hybridized carbons (Fsp3) is 0.333. The van der Waals surface area contributed by atoms with E-state index in [-0.39, 0.29) is 18.2 Å². The molecule has 0 radical (unpaired) electrons. The summed E-state index contributed by atoms with van der Waals surface area (Å²) in [6.45, 7) is 6.70. The van der Waals surface area contributed by atoms with Gasteiger partial charge in [0.15, 0.2) is 0 Å². The number of imide groups is 1. The van der Waals surface area contributed by atoms with Crippen LogP contribution in [0.25, 0.3) is 0 Å². The van der Waals surface area contributed by atoms with Crippen LogP contribution in [0.5, 0.6) is 5.75 Å². The number of ether oxygens (including phenoxy) is 1. The molecular weight excluding hydrogens is 328 g/mol. The Labute approximate surface area is 154 Å². The molecule has 2 aromatic rings. The van der Waals surface area contributed by atoms with Gasteiger partial charge in [0, 0.05) is 5.69 Å². The maximum Gasteiger partial charge on any atom is 0.256 e. The third-order valence-corrected chi connectivity index (χ3v) is 4.43. The van der Waals surface area contributed by atoms with Crippen molar-refractivity contribution >= 4 is 23.2 Å². The molecule has 3 rings (SSSR count). The highest BCUT2D eigenvalue weighted by molar-refractivity contribution is 6.23. The molecule has 0 unspecified atom stereocenters. The van der Waals surface area contributed by atoms with Gasteiger partial charge < -0.3 is 10.1 Å². The van der Waals surface area contributed by atoms with Crippen LogP contribution in [0.15, 0.2) is 42.5 Å². The maximum atomic E-state index is 12.8. The van der Waals surface area contributed by atoms with E-state index in [1.165, 1.54) is 4.90 Å². The zero-order valence-electron chi connectivity index (χ0n) is 15.4. The van der Waals surface area contributed by atoms with E-state index in [0.717, 1.165) is 29.0 Å². The third-order valence-electron chi connectivity index (χ3n) is 4.43. The number of benzene rings is 2. The van der Waals surface area contributed by atoms with Gasteiger partial charge in [-0.25, -0.2) is 4.90 Å². The average Bonchev–Trinajstić information content (AvgIpc) is 2.90. The van der Waals surface area contributed by atoms with Crippen molar-refractivity contribution in [2.24, 2.45) is 0 Å². The summed E-state index contributed by atoms with van der Waals surface area (Å²) in [5.74, 6) is 0.316. The second-order valence-electron chi connectivity index (χ2n) is 6.63. The second-order valence-corrected chi connectivity index (χ2v) is 6.63. The number of aryl methyl sites for hydroxylation is 2. The number of amides is 2. The largest absolute Gasteiger partial charge is 0.494 e. The molecule has 1 aliphatic heterocycles. The zero-order chi connectivity index (χ0) is 18.7. The van der Waals surface area contributed by atoms with Crippen molar-refractivity contribution in [3.05, 3.63) is 53.6 Å². The smallest absolute Gasteiger partial charge is 0.256 e. The molecule has 0 spiro atoms. The van der Waals surface area contributed by atoms with Gasteiger partial charge in [-0.05, 0) is 56.2 Å². The number of carbonyl (C=O) groups excluding carboxylic acids is 2. The lowest BCUT2D eigenvalue weighted by Crippen LogP contribution is -2.34. The van der Waals surface area contributed by atoms with Gasteiger partial charge in [0.05, 0.1) is 18.7 Å². The van der Waals surface area contributed by atoms with Crippen molar-refractivity contribution in [1.29, 1.82) is 0 Å². The van der Waals surface area contributed by atoms with Crippen LogP contribution in [0.4, 0.5) is 11.4 Å². The molecular formula is C21H24N2O3. The summed E-state index contributed by atoms with van der Waals surface area (Å²) in [4.78, 5) is 26.4. The van der Waals surface area contributed by atoms with Gasteiger partial charge in [-0.15, -0.1) is 0 Å². The van der Waals surface area contributed by atoms with Crippen molar-refractivity contribution in [2.45, 2.75) is 39.7 Å². The quantitative estimate of drug-likeness (QED) is 0.803. The fourth-order valence-electron chi connectivity index (χ4n) is 3.09. The monoisotopic (exact) mass is 352 g/mol. The Balaban J connectivity index is 1.74. The lowest BCUT2D eigenvalue weighted by Gasteiger charge is -2.17. The van der Waals surface area contributed by atoms with Crippen LogP contribution in [0.3, 0.4) is 0 Å². The Morgan fingerprint density at radius 1 is 1.12 bits per heavy atom. The van der Waals surface area contributed by atoms with Crippen molar-refractivity contribution in [2.75, 3.05) is 16.8 Å². The first kappa shape index (κ1) is 18.0. The highest BCUT2D eigenvalue weighted by Gasteiger charge is 2.39. The number of hydrogen-bond donors (Lipinski definition) is 1. The van der Waals surface area contributed by atoms with Crippen LogP contribution in [0.2, 0.25) is 0 Å². The third kappa shape index (κ3) is 3.72. The van der Waals surface area contributed by atoms with E-state index in [9.17, 15) is 9.59 Å². The standard InChI is InChI=1S/C21H24N2O3/c1-4-11-26-17-8-6-16(7-9-17)23-20(24)13-19(21(23)25)22-18-10-5-14(2)12-15(18)3/h5-10,12,19,22H,4,11,13H2,1-3H3/t19-/m1/s1. The van der Waals surface area contributed by atoms with Crippen molar-refractivity contribution in [3.63, 3.8) is 0 Å². The van der Waals surface area contributed by atoms with Crippen LogP contribution < -0.4 is 15.0 Å². The Kier molecular flexibility index (Phi) is 5.26. The molecule has 5 nitrogen and oxygen atoms in total. The van der Waals surface area contributed by atoms with Crippen LogP contribution in [0, 0.1) is 13.8 Å². The molecule has 2 amide bonds. The maximum absolute atomic E-state index is 12.8. The topological polar surface area (TPSA) is 58.6 Å². The first-order valence-electron chi connectivity index (χ1n) is 8.93. The second kappa shape index (κ2) is 7.60. The predicted octanol–water partition coefficient (Wildman–Crippen LogP) is 3.84. The molecule has 1 saturated heterocycles. The minimum atomic E-state index is -0.542. The molecule has 1 N–H and O–H groups in total. The molecule has 1 atom stereocenters. The summed E-state index contributed by atoms with van der Waals surface area (Å²) in [6.07, 6.45) is 1.08. The molecule has 0 aromatic heterocycles. The van der Waals surface area contributed by atoms with Gasteiger partial charge >= 0.3 is 0 Å². The number of hydrogen-bond acceptors (Lipinski definition) is 4. The Morgan fingerprint density at radius 2 is 1.85 bits per heavy atom. The van der Waals surface area contributed by atoms with Gasteiger partial charge in [0.2, 0.25) is 5.91 Å². The molecule has 26 heavy (non-hydrogen) atoms. The lowest BCUT2D eigenvalue weighted by molar-refractivity contribution is -0.121. The van der Waals surface area contributed by atoms with Crippen LogP contribution in [-0.4, -0.2) is 24.5 Å². The van der Waals surface area contributed by atoms with E-state index in [0.29, 0.717) is 12.3 Å². The lowest BCUT2D eigenvalue weighted by atomic mass is 10.1. The molecule has 0 bridgehead atoms. The highest BCUT2D eigenvalue weighted by atomic mass is 16.5. The van der Waals surface area contributed by atoms with Gasteiger partial charge in [0.25, 0.3) is 5.91 Å². The van der Waals surface area contributed by atoms with E-state index in [4.69, 9.17) is 4.74 Å². The predicted molar refractivity (Wildman–Crippen MR) is 103 cm³/mol. The Hall–Kier alpha value is -2.82. The van der Waals surface area contributed by atoms with E-state index in [1.54, 1.807) is 24.3 Å². The Bertz CT molecular complexity index is 815. The van der Waals surface area contributed by atoms with Crippen molar-refractivity contribution in [3.8, 4) is 5.75 Å². The zero-order valence-corrected chi connectivity index (χ0v) is 15.4. The minimum Gasteiger partial charge on any atom is -0.494 e. The van der Waals surface area contributed by atoms with Gasteiger partial charge in [-0.1, -0.05) is 24.6 Å². The van der Waals surface area contributed by atoms with E-state index in [2.05, 4.69) is 11.4 Å². The molecule has 1 heterocycles. The van der Waals surface area contributed by atoms with Gasteiger partial charge in [0.1, 0.15) is 11.8 Å². The summed E-state index contributed by atoms with van der Waals surface area (Å²) in [5.41, 5.74) is 3.68. The van der Waals surface area contributed by atoms with Gasteiger partial charge in [-0.2, -0.15) is 0 Å². The molecule has 2 aromatic carbocycles. The molecule has 1 aliphatic rings. The summed E-state index contributed by atoms with van der Waals surface area (Å²) in [5, 5.41) is 3.22. The van der Waals surface area contributed by atoms with Crippen LogP contribution in [-0.2, 0) is 9.59 Å². The average molecular weight is 352 g/mol. The highest BCUT2D eigenvalue weighted by Crippen LogP contribution is 2.27. The summed E-state index contributed by atoms with van der Waals surface area (Å²) in [7, 11) is 0. The first-order valence-corrected chi connectivity index (χ1v) is 8.93. The molecule has 1 fully saturated rings. The number of rotatable bonds is 6. The van der Waals surface area contributed by atoms with Crippen LogP contribution in [0.1, 0.15) is 30.9 Å². The summed E-state index contributed by atoms with van der Waals surface area (Å²) >= 11 is 0. The van der Waals surface area contributed by atoms with E-state index < -0.39 is 6.04 Å². The van der Waals surface area contributed by atoms with E-state index >= 15 is 0 Å². The molecule has 136 valence electrons.